The van der Waals surface area contributed by atoms with Gasteiger partial charge in [0.25, 0.3) is 0 Å². The van der Waals surface area contributed by atoms with Crippen molar-refractivity contribution in [1.82, 2.24) is 5.32 Å². The van der Waals surface area contributed by atoms with Crippen LogP contribution in [0, 0.1) is 6.92 Å². The maximum atomic E-state index is 12.8. The first-order chi connectivity index (χ1) is 14.9. The lowest BCUT2D eigenvalue weighted by Crippen LogP contribution is -2.15. The second kappa shape index (κ2) is 12.3. The zero-order chi connectivity index (χ0) is 24.5. The topological polar surface area (TPSA) is 21.3 Å². The summed E-state index contributed by atoms with van der Waals surface area (Å²) in [6, 6.07) is 12.0. The van der Waals surface area contributed by atoms with Gasteiger partial charge in [0.15, 0.2) is 0 Å². The molecule has 2 nitrogen and oxygen atoms in total. The Morgan fingerprint density at radius 3 is 2.00 bits per heavy atom. The molecular weight excluding hydrogens is 432 g/mol. The Labute approximate surface area is 186 Å². The standard InChI is InChI=1S/C12H12F6O.C12H19N/c1-6-9(7(2)19-3)4-8(11(13,14)15)5-10(6)12(16,17)18;1-3-4-10-12(13-2)11-8-6-5-7-9-11/h4-5,7H,1-3H3;5-9,12-13H,3-4,10H2,1-2H3. The smallest absolute Gasteiger partial charge is 0.377 e. The van der Waals surface area contributed by atoms with Gasteiger partial charge in [-0.15, -0.1) is 0 Å². The molecule has 0 aliphatic carbocycles. The Morgan fingerprint density at radius 1 is 0.969 bits per heavy atom. The molecule has 2 aromatic rings. The van der Waals surface area contributed by atoms with E-state index < -0.39 is 29.6 Å². The van der Waals surface area contributed by atoms with E-state index in [1.54, 1.807) is 0 Å². The fourth-order valence-corrected chi connectivity index (χ4v) is 3.32. The van der Waals surface area contributed by atoms with E-state index in [1.165, 1.54) is 38.9 Å². The highest BCUT2D eigenvalue weighted by atomic mass is 19.4. The number of methoxy groups -OCH3 is 1. The molecule has 2 unspecified atom stereocenters. The van der Waals surface area contributed by atoms with E-state index in [1.807, 2.05) is 7.05 Å². The van der Waals surface area contributed by atoms with Crippen molar-refractivity contribution in [3.05, 3.63) is 70.3 Å². The fraction of sp³-hybridized carbons (Fsp3) is 0.500. The van der Waals surface area contributed by atoms with E-state index in [0.717, 1.165) is 6.92 Å². The predicted octanol–water partition coefficient (Wildman–Crippen LogP) is 7.88. The normalized spacial score (nSPS) is 13.8. The third kappa shape index (κ3) is 8.13. The third-order valence-electron chi connectivity index (χ3n) is 5.27. The average Bonchev–Trinajstić information content (AvgIpc) is 2.73. The highest BCUT2D eigenvalue weighted by Crippen LogP contribution is 2.40. The van der Waals surface area contributed by atoms with Gasteiger partial charge >= 0.3 is 12.4 Å². The quantitative estimate of drug-likeness (QED) is 0.422. The van der Waals surface area contributed by atoms with Crippen LogP contribution in [-0.4, -0.2) is 14.2 Å². The molecule has 0 radical (unpaired) electrons. The molecule has 180 valence electrons. The van der Waals surface area contributed by atoms with Crippen molar-refractivity contribution in [2.24, 2.45) is 0 Å². The van der Waals surface area contributed by atoms with Crippen LogP contribution in [-0.2, 0) is 17.1 Å². The molecule has 0 aromatic heterocycles. The number of rotatable bonds is 7. The summed E-state index contributed by atoms with van der Waals surface area (Å²) in [7, 11) is 3.25. The molecule has 2 aromatic carbocycles. The molecule has 0 bridgehead atoms. The molecule has 0 fully saturated rings. The zero-order valence-corrected chi connectivity index (χ0v) is 19.0. The second-order valence-electron chi connectivity index (χ2n) is 7.51. The average molecular weight is 464 g/mol. The molecule has 8 heteroatoms. The van der Waals surface area contributed by atoms with Gasteiger partial charge in [0.2, 0.25) is 0 Å². The van der Waals surface area contributed by atoms with Gasteiger partial charge in [-0.05, 0) is 56.1 Å². The summed E-state index contributed by atoms with van der Waals surface area (Å²) in [5.74, 6) is 0. The number of hydrogen-bond donors (Lipinski definition) is 1. The van der Waals surface area contributed by atoms with Crippen LogP contribution in [0.1, 0.15) is 73.1 Å². The zero-order valence-electron chi connectivity index (χ0n) is 19.0. The summed E-state index contributed by atoms with van der Waals surface area (Å²) >= 11 is 0. The van der Waals surface area contributed by atoms with Crippen molar-refractivity contribution in [1.29, 1.82) is 0 Å². The van der Waals surface area contributed by atoms with Gasteiger partial charge in [-0.2, -0.15) is 26.3 Å². The first-order valence-corrected chi connectivity index (χ1v) is 10.4. The maximum absolute atomic E-state index is 12.8. The molecule has 0 aliphatic rings. The highest BCUT2D eigenvalue weighted by Gasteiger charge is 2.39. The largest absolute Gasteiger partial charge is 0.416 e. The molecular formula is C24H31F6NO. The molecule has 0 saturated heterocycles. The maximum Gasteiger partial charge on any atom is 0.416 e. The number of nitrogens with one attached hydrogen (secondary N) is 1. The van der Waals surface area contributed by atoms with Crippen molar-refractivity contribution in [3.63, 3.8) is 0 Å². The Bertz CT molecular complexity index is 818. The van der Waals surface area contributed by atoms with Gasteiger partial charge in [0.1, 0.15) is 0 Å². The van der Waals surface area contributed by atoms with Crippen LogP contribution < -0.4 is 5.32 Å². The van der Waals surface area contributed by atoms with E-state index >= 15 is 0 Å². The predicted molar refractivity (Wildman–Crippen MR) is 114 cm³/mol. The molecule has 1 N–H and O–H groups in total. The Morgan fingerprint density at radius 2 is 1.56 bits per heavy atom. The van der Waals surface area contributed by atoms with Gasteiger partial charge in [0.05, 0.1) is 17.2 Å². The van der Waals surface area contributed by atoms with Gasteiger partial charge in [-0.3, -0.25) is 0 Å². The SMILES string of the molecule is CCCCC(NC)c1ccccc1.COC(C)c1cc(C(F)(F)F)cc(C(F)(F)F)c1C. The first kappa shape index (κ1) is 28.0. The molecule has 32 heavy (non-hydrogen) atoms. The lowest BCUT2D eigenvalue weighted by molar-refractivity contribution is -0.143. The molecule has 2 atom stereocenters. The summed E-state index contributed by atoms with van der Waals surface area (Å²) in [6.45, 7) is 4.76. The van der Waals surface area contributed by atoms with Crippen LogP contribution in [0.4, 0.5) is 26.3 Å². The van der Waals surface area contributed by atoms with Gasteiger partial charge in [-0.25, -0.2) is 0 Å². The van der Waals surface area contributed by atoms with Crippen LogP contribution in [0.15, 0.2) is 42.5 Å². The van der Waals surface area contributed by atoms with Crippen LogP contribution in [0.5, 0.6) is 0 Å². The molecule has 0 amide bonds. The molecule has 0 saturated carbocycles. The molecule has 2 rings (SSSR count). The highest BCUT2D eigenvalue weighted by molar-refractivity contribution is 5.42. The first-order valence-electron chi connectivity index (χ1n) is 10.4. The third-order valence-corrected chi connectivity index (χ3v) is 5.27. The van der Waals surface area contributed by atoms with Crippen molar-refractivity contribution < 1.29 is 31.1 Å². The minimum atomic E-state index is -4.84. The van der Waals surface area contributed by atoms with Crippen LogP contribution in [0.25, 0.3) is 0 Å². The number of alkyl halides is 6. The lowest BCUT2D eigenvalue weighted by Gasteiger charge is -2.20. The van der Waals surface area contributed by atoms with Crippen molar-refractivity contribution in [2.75, 3.05) is 14.2 Å². The van der Waals surface area contributed by atoms with Gasteiger partial charge in [-0.1, -0.05) is 50.1 Å². The lowest BCUT2D eigenvalue weighted by atomic mass is 9.95. The summed E-state index contributed by atoms with van der Waals surface area (Å²) < 4.78 is 81.0. The summed E-state index contributed by atoms with van der Waals surface area (Å²) in [5, 5.41) is 3.35. The Balaban J connectivity index is 0.000000343. The number of ether oxygens (including phenoxy) is 1. The van der Waals surface area contributed by atoms with E-state index in [-0.39, 0.29) is 17.2 Å². The van der Waals surface area contributed by atoms with Gasteiger partial charge < -0.3 is 10.1 Å². The minimum absolute atomic E-state index is 0.121. The van der Waals surface area contributed by atoms with Crippen LogP contribution >= 0.6 is 0 Å². The number of halogens is 6. The minimum Gasteiger partial charge on any atom is -0.377 e. The number of hydrogen-bond acceptors (Lipinski definition) is 2. The number of benzene rings is 2. The second-order valence-corrected chi connectivity index (χ2v) is 7.51. The Hall–Kier alpha value is -2.06. The molecule has 0 aliphatic heterocycles. The monoisotopic (exact) mass is 463 g/mol. The van der Waals surface area contributed by atoms with E-state index in [9.17, 15) is 26.3 Å². The van der Waals surface area contributed by atoms with E-state index in [2.05, 4.69) is 42.6 Å². The summed E-state index contributed by atoms with van der Waals surface area (Å²) in [4.78, 5) is 0. The van der Waals surface area contributed by atoms with E-state index in [0.29, 0.717) is 12.1 Å². The molecule has 0 heterocycles. The summed E-state index contributed by atoms with van der Waals surface area (Å²) in [5.41, 5.74) is -1.59. The number of unbranched alkanes of at least 4 members (excludes halogenated alkanes) is 1. The van der Waals surface area contributed by atoms with Gasteiger partial charge in [0, 0.05) is 13.2 Å². The van der Waals surface area contributed by atoms with Crippen molar-refractivity contribution >= 4 is 0 Å². The van der Waals surface area contributed by atoms with Crippen molar-refractivity contribution in [2.45, 2.75) is 64.5 Å². The van der Waals surface area contributed by atoms with Crippen molar-refractivity contribution in [3.8, 4) is 0 Å². The van der Waals surface area contributed by atoms with Crippen LogP contribution in [0.2, 0.25) is 0 Å². The Kier molecular flexibility index (Phi) is 10.7. The van der Waals surface area contributed by atoms with E-state index in [4.69, 9.17) is 4.74 Å². The molecule has 0 spiro atoms. The summed E-state index contributed by atoms with van der Waals surface area (Å²) in [6.07, 6.45) is -6.74. The van der Waals surface area contributed by atoms with Crippen LogP contribution in [0.3, 0.4) is 0 Å². The fourth-order valence-electron chi connectivity index (χ4n) is 3.32.